The highest BCUT2D eigenvalue weighted by molar-refractivity contribution is 7.12. The third kappa shape index (κ3) is 4.41. The van der Waals surface area contributed by atoms with Crippen LogP contribution >= 0.6 is 22.7 Å². The van der Waals surface area contributed by atoms with Gasteiger partial charge < -0.3 is 10.4 Å². The molecule has 1 aromatic carbocycles. The average Bonchev–Trinajstić information content (AvgIpc) is 3.30. The quantitative estimate of drug-likeness (QED) is 0.651. The molecule has 3 aromatic rings. The van der Waals surface area contributed by atoms with Gasteiger partial charge in [-0.25, -0.2) is 0 Å². The van der Waals surface area contributed by atoms with E-state index in [-0.39, 0.29) is 5.91 Å². The Morgan fingerprint density at radius 1 is 1.17 bits per heavy atom. The highest BCUT2D eigenvalue weighted by atomic mass is 32.1. The third-order valence-corrected chi connectivity index (χ3v) is 5.31. The number of nitrogens with one attached hydrogen (secondary N) is 1. The summed E-state index contributed by atoms with van der Waals surface area (Å²) in [5.41, 5.74) is 1.90. The van der Waals surface area contributed by atoms with Gasteiger partial charge in [-0.2, -0.15) is 11.3 Å². The highest BCUT2D eigenvalue weighted by Crippen LogP contribution is 2.28. The number of hydrogen-bond donors (Lipinski definition) is 2. The van der Waals surface area contributed by atoms with Crippen LogP contribution in [0.2, 0.25) is 0 Å². The molecule has 3 nitrogen and oxygen atoms in total. The highest BCUT2D eigenvalue weighted by Gasteiger charge is 2.12. The number of thiophene rings is 2. The number of amides is 1. The van der Waals surface area contributed by atoms with Gasteiger partial charge in [0, 0.05) is 15.8 Å². The molecule has 0 aliphatic carbocycles. The predicted molar refractivity (Wildman–Crippen MR) is 100 cm³/mol. The molecule has 24 heavy (non-hydrogen) atoms. The maximum Gasteiger partial charge on any atom is 0.244 e. The van der Waals surface area contributed by atoms with E-state index in [0.29, 0.717) is 6.54 Å². The second kappa shape index (κ2) is 8.06. The van der Waals surface area contributed by atoms with Crippen molar-refractivity contribution in [3.63, 3.8) is 0 Å². The molecule has 3 rings (SSSR count). The van der Waals surface area contributed by atoms with Crippen LogP contribution in [0.1, 0.15) is 27.0 Å². The van der Waals surface area contributed by atoms with Gasteiger partial charge in [0.15, 0.2) is 0 Å². The molecule has 2 heterocycles. The minimum atomic E-state index is -0.626. The summed E-state index contributed by atoms with van der Waals surface area (Å²) in [5, 5.41) is 17.2. The van der Waals surface area contributed by atoms with Crippen LogP contribution in [-0.4, -0.2) is 11.0 Å². The van der Waals surface area contributed by atoms with Gasteiger partial charge in [0.25, 0.3) is 0 Å². The molecule has 1 unspecified atom stereocenters. The van der Waals surface area contributed by atoms with Crippen molar-refractivity contribution in [3.05, 3.63) is 86.2 Å². The number of rotatable bonds is 6. The van der Waals surface area contributed by atoms with E-state index in [1.54, 1.807) is 17.4 Å². The van der Waals surface area contributed by atoms with Crippen molar-refractivity contribution < 1.29 is 9.90 Å². The Bertz CT molecular complexity index is 807. The molecule has 0 bridgehead atoms. The molecule has 0 aliphatic rings. The molecule has 5 heteroatoms. The van der Waals surface area contributed by atoms with E-state index in [4.69, 9.17) is 0 Å². The topological polar surface area (TPSA) is 49.3 Å². The molecule has 0 radical (unpaired) electrons. The third-order valence-electron chi connectivity index (χ3n) is 3.47. The molecular formula is C19H17NO2S2. The van der Waals surface area contributed by atoms with Crippen LogP contribution in [0.15, 0.2) is 65.4 Å². The van der Waals surface area contributed by atoms with Crippen molar-refractivity contribution in [2.75, 3.05) is 0 Å². The molecule has 0 saturated heterocycles. The maximum absolute atomic E-state index is 11.8. The van der Waals surface area contributed by atoms with Gasteiger partial charge >= 0.3 is 0 Å². The summed E-state index contributed by atoms with van der Waals surface area (Å²) in [6.07, 6.45) is 2.71. The number of benzene rings is 1. The van der Waals surface area contributed by atoms with Crippen LogP contribution in [-0.2, 0) is 11.3 Å². The predicted octanol–water partition coefficient (Wildman–Crippen LogP) is 4.22. The number of carbonyl (C=O) groups excluding carboxylic acids is 1. The molecule has 2 N–H and O–H groups in total. The summed E-state index contributed by atoms with van der Waals surface area (Å²) < 4.78 is 0. The fraction of sp³-hybridized carbons (Fsp3) is 0.105. The first-order valence-corrected chi connectivity index (χ1v) is 9.28. The zero-order valence-corrected chi connectivity index (χ0v) is 14.5. The average molecular weight is 355 g/mol. The fourth-order valence-electron chi connectivity index (χ4n) is 2.21. The van der Waals surface area contributed by atoms with Gasteiger partial charge in [0.2, 0.25) is 5.91 Å². The molecule has 2 aromatic heterocycles. The Hall–Kier alpha value is -2.21. The van der Waals surface area contributed by atoms with Crippen molar-refractivity contribution >= 4 is 34.7 Å². The zero-order valence-electron chi connectivity index (χ0n) is 12.9. The van der Waals surface area contributed by atoms with E-state index in [2.05, 4.69) is 5.32 Å². The second-order valence-corrected chi connectivity index (χ2v) is 7.21. The van der Waals surface area contributed by atoms with Crippen LogP contribution in [0.3, 0.4) is 0 Å². The summed E-state index contributed by atoms with van der Waals surface area (Å²) in [6, 6.07) is 15.4. The molecule has 1 atom stereocenters. The van der Waals surface area contributed by atoms with E-state index in [1.807, 2.05) is 59.3 Å². The van der Waals surface area contributed by atoms with Crippen LogP contribution in [0.4, 0.5) is 0 Å². The lowest BCUT2D eigenvalue weighted by molar-refractivity contribution is -0.116. The van der Waals surface area contributed by atoms with Crippen molar-refractivity contribution in [2.24, 2.45) is 0 Å². The van der Waals surface area contributed by atoms with E-state index < -0.39 is 6.10 Å². The van der Waals surface area contributed by atoms with E-state index >= 15 is 0 Å². The first kappa shape index (κ1) is 16.6. The molecule has 0 spiro atoms. The first-order valence-electron chi connectivity index (χ1n) is 7.52. The van der Waals surface area contributed by atoms with Crippen LogP contribution < -0.4 is 5.32 Å². The second-order valence-electron chi connectivity index (χ2n) is 5.23. The first-order chi connectivity index (χ1) is 11.7. The summed E-state index contributed by atoms with van der Waals surface area (Å²) in [4.78, 5) is 13.7. The molecular weight excluding hydrogens is 338 g/mol. The lowest BCUT2D eigenvalue weighted by Gasteiger charge is -2.08. The Morgan fingerprint density at radius 2 is 2.00 bits per heavy atom. The van der Waals surface area contributed by atoms with Gasteiger partial charge in [-0.15, -0.1) is 11.3 Å². The lowest BCUT2D eigenvalue weighted by Crippen LogP contribution is -2.19. The normalized spacial score (nSPS) is 12.4. The monoisotopic (exact) mass is 355 g/mol. The maximum atomic E-state index is 11.8. The summed E-state index contributed by atoms with van der Waals surface area (Å²) in [7, 11) is 0. The zero-order chi connectivity index (χ0) is 16.8. The SMILES string of the molecule is O=C(/C=C/c1ccsc1)NCc1ccc(C(O)c2ccccc2)s1. The Balaban J connectivity index is 1.55. The van der Waals surface area contributed by atoms with Crippen LogP contribution in [0.5, 0.6) is 0 Å². The van der Waals surface area contributed by atoms with Gasteiger partial charge in [-0.1, -0.05) is 30.3 Å². The summed E-state index contributed by atoms with van der Waals surface area (Å²) in [6.45, 7) is 0.457. The molecule has 0 fully saturated rings. The van der Waals surface area contributed by atoms with Gasteiger partial charge in [-0.05, 0) is 46.2 Å². The van der Waals surface area contributed by atoms with Crippen molar-refractivity contribution in [3.8, 4) is 0 Å². The van der Waals surface area contributed by atoms with Crippen molar-refractivity contribution in [2.45, 2.75) is 12.6 Å². The minimum absolute atomic E-state index is 0.125. The van der Waals surface area contributed by atoms with Crippen molar-refractivity contribution in [1.29, 1.82) is 0 Å². The van der Waals surface area contributed by atoms with Gasteiger partial charge in [0.05, 0.1) is 6.54 Å². The smallest absolute Gasteiger partial charge is 0.244 e. The number of aliphatic hydroxyl groups excluding tert-OH is 1. The van der Waals surface area contributed by atoms with E-state index in [9.17, 15) is 9.90 Å². The summed E-state index contributed by atoms with van der Waals surface area (Å²) in [5.74, 6) is -0.125. The lowest BCUT2D eigenvalue weighted by atomic mass is 10.1. The summed E-state index contributed by atoms with van der Waals surface area (Å²) >= 11 is 3.11. The molecule has 0 saturated carbocycles. The number of hydrogen-bond acceptors (Lipinski definition) is 4. The Kier molecular flexibility index (Phi) is 5.59. The van der Waals surface area contributed by atoms with Crippen LogP contribution in [0, 0.1) is 0 Å². The standard InChI is InChI=1S/C19H17NO2S2/c21-18(9-6-14-10-11-23-13-14)20-12-16-7-8-17(24-16)19(22)15-4-2-1-3-5-15/h1-11,13,19,22H,12H2,(H,20,21)/b9-6+. The molecule has 122 valence electrons. The molecule has 0 aliphatic heterocycles. The largest absolute Gasteiger partial charge is 0.383 e. The van der Waals surface area contributed by atoms with Gasteiger partial charge in [-0.3, -0.25) is 4.79 Å². The minimum Gasteiger partial charge on any atom is -0.383 e. The van der Waals surface area contributed by atoms with E-state index in [1.165, 1.54) is 17.4 Å². The van der Waals surface area contributed by atoms with E-state index in [0.717, 1.165) is 20.9 Å². The van der Waals surface area contributed by atoms with Gasteiger partial charge in [0.1, 0.15) is 6.10 Å². The Labute approximate surface area is 148 Å². The number of aliphatic hydroxyl groups is 1. The van der Waals surface area contributed by atoms with Crippen LogP contribution in [0.25, 0.3) is 6.08 Å². The van der Waals surface area contributed by atoms with Crippen molar-refractivity contribution in [1.82, 2.24) is 5.32 Å². The molecule has 1 amide bonds. The Morgan fingerprint density at radius 3 is 2.75 bits per heavy atom. The number of carbonyl (C=O) groups is 1. The fourth-order valence-corrected chi connectivity index (χ4v) is 3.81.